The van der Waals surface area contributed by atoms with Gasteiger partial charge in [0.1, 0.15) is 0 Å². The largest absolute Gasteiger partial charge is 0.296 e. The first-order valence-corrected chi connectivity index (χ1v) is 10.0. The van der Waals surface area contributed by atoms with Crippen molar-refractivity contribution in [1.82, 2.24) is 4.98 Å². The summed E-state index contributed by atoms with van der Waals surface area (Å²) in [5, 5.41) is 1.20. The Morgan fingerprint density at radius 1 is 0.645 bits per heavy atom. The predicted molar refractivity (Wildman–Crippen MR) is 119 cm³/mol. The van der Waals surface area contributed by atoms with Gasteiger partial charge in [0.2, 0.25) is 0 Å². The zero-order valence-corrected chi connectivity index (χ0v) is 18.7. The maximum absolute atomic E-state index is 12.9. The van der Waals surface area contributed by atoms with Crippen LogP contribution in [-0.4, -0.2) is 10.8 Å². The van der Waals surface area contributed by atoms with Gasteiger partial charge in [-0.15, -0.1) is 23.8 Å². The number of benzene rings is 4. The normalized spacial score (nSPS) is 12.3. The van der Waals surface area contributed by atoms with Crippen LogP contribution in [0.3, 0.4) is 0 Å². The molecule has 0 spiro atoms. The first kappa shape index (κ1) is 18.4. The molecule has 2 aliphatic rings. The van der Waals surface area contributed by atoms with E-state index in [1.54, 1.807) is 0 Å². The minimum absolute atomic E-state index is 0. The molecule has 4 aromatic carbocycles. The molecule has 0 saturated carbocycles. The molecule has 0 bridgehead atoms. The number of fused-ring (bicyclic) bond motifs is 6. The topological polar surface area (TPSA) is 30.0 Å². The van der Waals surface area contributed by atoms with Gasteiger partial charge in [-0.1, -0.05) is 77.9 Å². The van der Waals surface area contributed by atoms with Crippen molar-refractivity contribution in [1.29, 1.82) is 0 Å². The number of aromatic nitrogens is 1. The van der Waals surface area contributed by atoms with Gasteiger partial charge in [0, 0.05) is 31.1 Å². The van der Waals surface area contributed by atoms with Gasteiger partial charge < -0.3 is 0 Å². The molecule has 31 heavy (non-hydrogen) atoms. The molecule has 0 unspecified atom stereocenters. The van der Waals surface area contributed by atoms with E-state index in [4.69, 9.17) is 4.98 Å². The number of carbonyl (C=O) groups excluding carboxylic acids is 1. The van der Waals surface area contributed by atoms with E-state index < -0.39 is 0 Å². The first-order valence-electron chi connectivity index (χ1n) is 10.0. The van der Waals surface area contributed by atoms with Crippen LogP contribution in [0.4, 0.5) is 0 Å². The third kappa shape index (κ3) is 2.36. The standard InChI is InChI=1S/C28H14NO.Ir/c30-28-20-10-4-3-9-19(20)26-21(12-5-13-22(26)28)25-15-23-17-8-2-1-7-16(17)18-11-6-14-24(29-25)27(18)23;/h1-11,13-15H;/q-1;. The maximum Gasteiger partial charge on any atom is 0.175 e. The third-order valence-corrected chi connectivity index (χ3v) is 6.28. The Labute approximate surface area is 192 Å². The van der Waals surface area contributed by atoms with Crippen LogP contribution < -0.4 is 0 Å². The van der Waals surface area contributed by atoms with Crippen molar-refractivity contribution < 1.29 is 24.9 Å². The number of pyridine rings is 1. The van der Waals surface area contributed by atoms with Crippen molar-refractivity contribution in [3.05, 3.63) is 102 Å². The van der Waals surface area contributed by atoms with Crippen LogP contribution in [0.15, 0.2) is 84.9 Å². The first-order chi connectivity index (χ1) is 14.8. The summed E-state index contributed by atoms with van der Waals surface area (Å²) >= 11 is 0. The summed E-state index contributed by atoms with van der Waals surface area (Å²) in [6.45, 7) is 0. The predicted octanol–water partition coefficient (Wildman–Crippen LogP) is 6.56. The van der Waals surface area contributed by atoms with Gasteiger partial charge in [-0.3, -0.25) is 9.78 Å². The second kappa shape index (κ2) is 6.55. The molecule has 0 amide bonds. The SMILES string of the molecule is O=C1c2ccccc2-c2c(-c3cc4c5c(cccc5n3)-c3ccccc3-4)[c-]ccc21.[Ir]. The van der Waals surface area contributed by atoms with E-state index in [-0.39, 0.29) is 25.9 Å². The second-order valence-electron chi connectivity index (χ2n) is 7.82. The minimum Gasteiger partial charge on any atom is -0.296 e. The Bertz CT molecular complexity index is 1570. The Morgan fingerprint density at radius 3 is 2.13 bits per heavy atom. The monoisotopic (exact) mass is 573 g/mol. The van der Waals surface area contributed by atoms with E-state index in [0.29, 0.717) is 0 Å². The smallest absolute Gasteiger partial charge is 0.175 e. The zero-order valence-electron chi connectivity index (χ0n) is 16.3. The molecule has 0 fully saturated rings. The summed E-state index contributed by atoms with van der Waals surface area (Å²) in [5.41, 5.74) is 11.0. The van der Waals surface area contributed by atoms with E-state index in [2.05, 4.69) is 54.6 Å². The van der Waals surface area contributed by atoms with E-state index in [1.807, 2.05) is 36.4 Å². The van der Waals surface area contributed by atoms with Crippen LogP contribution in [-0.2, 0) is 20.1 Å². The third-order valence-electron chi connectivity index (χ3n) is 6.28. The van der Waals surface area contributed by atoms with Crippen LogP contribution in [0.2, 0.25) is 0 Å². The van der Waals surface area contributed by atoms with Gasteiger partial charge in [-0.2, -0.15) is 0 Å². The van der Waals surface area contributed by atoms with Crippen LogP contribution >= 0.6 is 0 Å². The van der Waals surface area contributed by atoms with Crippen LogP contribution in [0.1, 0.15) is 15.9 Å². The molecule has 2 nitrogen and oxygen atoms in total. The summed E-state index contributed by atoms with van der Waals surface area (Å²) in [7, 11) is 0. The second-order valence-corrected chi connectivity index (χ2v) is 7.82. The van der Waals surface area contributed by atoms with Crippen molar-refractivity contribution in [2.24, 2.45) is 0 Å². The maximum atomic E-state index is 12.9. The Balaban J connectivity index is 0.00000185. The minimum atomic E-state index is 0. The van der Waals surface area contributed by atoms with Crippen molar-refractivity contribution in [3.63, 3.8) is 0 Å². The fraction of sp³-hybridized carbons (Fsp3) is 0. The fourth-order valence-electron chi connectivity index (χ4n) is 5.02. The Kier molecular flexibility index (Phi) is 3.89. The average molecular weight is 573 g/mol. The molecule has 1 aromatic heterocycles. The molecular formula is C28H14IrNO-. The molecule has 0 N–H and O–H groups in total. The van der Waals surface area contributed by atoms with Crippen molar-refractivity contribution >= 4 is 16.7 Å². The summed E-state index contributed by atoms with van der Waals surface area (Å²) in [4.78, 5) is 18.0. The molecular weight excluding hydrogens is 559 g/mol. The molecule has 7 rings (SSSR count). The van der Waals surface area contributed by atoms with Gasteiger partial charge in [-0.05, 0) is 39.6 Å². The zero-order chi connectivity index (χ0) is 19.8. The van der Waals surface area contributed by atoms with Crippen molar-refractivity contribution in [3.8, 4) is 44.6 Å². The summed E-state index contributed by atoms with van der Waals surface area (Å²) in [6, 6.07) is 31.9. The van der Waals surface area contributed by atoms with Gasteiger partial charge >= 0.3 is 0 Å². The number of nitrogens with zero attached hydrogens (tertiary/aromatic N) is 1. The van der Waals surface area contributed by atoms with Crippen molar-refractivity contribution in [2.45, 2.75) is 0 Å². The van der Waals surface area contributed by atoms with Crippen LogP contribution in [0.25, 0.3) is 55.5 Å². The average Bonchev–Trinajstić information content (AvgIpc) is 3.28. The summed E-state index contributed by atoms with van der Waals surface area (Å²) in [5.74, 6) is 0.0776. The van der Waals surface area contributed by atoms with Gasteiger partial charge in [0.25, 0.3) is 0 Å². The van der Waals surface area contributed by atoms with E-state index in [0.717, 1.165) is 39.0 Å². The van der Waals surface area contributed by atoms with Crippen LogP contribution in [0.5, 0.6) is 0 Å². The van der Waals surface area contributed by atoms with Crippen molar-refractivity contribution in [2.75, 3.05) is 0 Å². The van der Waals surface area contributed by atoms with Crippen LogP contribution in [0, 0.1) is 6.07 Å². The molecule has 0 atom stereocenters. The van der Waals surface area contributed by atoms with Gasteiger partial charge in [0.15, 0.2) is 5.78 Å². The molecule has 3 heteroatoms. The molecule has 5 aromatic rings. The van der Waals surface area contributed by atoms with E-state index in [9.17, 15) is 4.79 Å². The molecule has 0 saturated heterocycles. The van der Waals surface area contributed by atoms with E-state index in [1.165, 1.54) is 27.6 Å². The molecule has 0 aliphatic heterocycles. The number of hydrogen-bond acceptors (Lipinski definition) is 2. The fourth-order valence-corrected chi connectivity index (χ4v) is 5.02. The summed E-state index contributed by atoms with van der Waals surface area (Å²) < 4.78 is 0. The Morgan fingerprint density at radius 2 is 1.32 bits per heavy atom. The molecule has 147 valence electrons. The Hall–Kier alpha value is -3.39. The summed E-state index contributed by atoms with van der Waals surface area (Å²) in [6.07, 6.45) is 0. The van der Waals surface area contributed by atoms with Gasteiger partial charge in [-0.25, -0.2) is 0 Å². The molecule has 2 aliphatic carbocycles. The molecule has 1 radical (unpaired) electrons. The molecule has 1 heterocycles. The van der Waals surface area contributed by atoms with Gasteiger partial charge in [0.05, 0.1) is 5.52 Å². The quantitative estimate of drug-likeness (QED) is 0.209. The number of carbonyl (C=O) groups is 1. The number of hydrogen-bond donors (Lipinski definition) is 0. The van der Waals surface area contributed by atoms with E-state index >= 15 is 0 Å². The number of rotatable bonds is 1. The number of ketones is 1.